The van der Waals surface area contributed by atoms with E-state index in [4.69, 9.17) is 9.47 Å². The number of carbonyl (C=O) groups excluding carboxylic acids is 1. The maximum atomic E-state index is 12.7. The normalized spacial score (nSPS) is 12.2. The molecule has 0 aliphatic rings. The molecule has 1 aromatic carbocycles. The molecular formula is C20H23IN2O3S. The van der Waals surface area contributed by atoms with Gasteiger partial charge in [0.1, 0.15) is 0 Å². The molecule has 1 unspecified atom stereocenters. The Labute approximate surface area is 178 Å². The van der Waals surface area contributed by atoms with Gasteiger partial charge >= 0.3 is 0 Å². The van der Waals surface area contributed by atoms with E-state index in [-0.39, 0.29) is 5.91 Å². The molecule has 1 heterocycles. The largest absolute Gasteiger partial charge is 0.452 e. The first-order valence-corrected chi connectivity index (χ1v) is 10.8. The highest BCUT2D eigenvalue weighted by Crippen LogP contribution is 2.26. The number of thioether (sulfide) groups is 1. The number of methoxy groups -OCH3 is 1. The van der Waals surface area contributed by atoms with E-state index in [1.54, 1.807) is 7.11 Å². The molecule has 0 radical (unpaired) electrons. The molecule has 1 aromatic heterocycles. The molecule has 0 fully saturated rings. The van der Waals surface area contributed by atoms with Crippen molar-refractivity contribution in [1.82, 2.24) is 10.3 Å². The van der Waals surface area contributed by atoms with E-state index < -0.39 is 11.0 Å². The number of hydrogen-bond donors (Lipinski definition) is 1. The first kappa shape index (κ1) is 21.8. The Morgan fingerprint density at radius 2 is 2.15 bits per heavy atom. The Bertz CT molecular complexity index is 861. The molecule has 0 bridgehead atoms. The lowest BCUT2D eigenvalue weighted by Crippen LogP contribution is -2.47. The van der Waals surface area contributed by atoms with Crippen molar-refractivity contribution in [3.8, 4) is 17.7 Å². The highest BCUT2D eigenvalue weighted by molar-refractivity contribution is 14.1. The highest BCUT2D eigenvalue weighted by atomic mass is 127. The lowest BCUT2D eigenvalue weighted by molar-refractivity contribution is -0.125. The van der Waals surface area contributed by atoms with Gasteiger partial charge in [-0.25, -0.2) is 4.98 Å². The van der Waals surface area contributed by atoms with Crippen molar-refractivity contribution in [2.45, 2.75) is 31.2 Å². The maximum Gasteiger partial charge on any atom is 0.272 e. The average Bonchev–Trinajstić information content (AvgIpc) is 2.63. The number of carbonyl (C=O) groups is 1. The number of benzene rings is 1. The fraction of sp³-hybridized carbons (Fsp3) is 0.400. The zero-order valence-corrected chi connectivity index (χ0v) is 18.8. The van der Waals surface area contributed by atoms with E-state index in [0.717, 1.165) is 14.5 Å². The van der Waals surface area contributed by atoms with Gasteiger partial charge in [-0.3, -0.25) is 4.79 Å². The minimum atomic E-state index is -0.716. The van der Waals surface area contributed by atoms with Crippen LogP contribution in [0.25, 0.3) is 10.9 Å². The standard InChI is InChI=1S/C20H23IN2O3S/c1-20(2,11-7-8-12-25-3)23-17(24)19(27-4)26-18-15(21)13-14-9-5-6-10-16(14)22-18/h5-6,9-10,13,19H,8,12H2,1-4H3,(H,23,24). The summed E-state index contributed by atoms with van der Waals surface area (Å²) in [6.07, 6.45) is 2.45. The van der Waals surface area contributed by atoms with E-state index >= 15 is 0 Å². The van der Waals surface area contributed by atoms with Crippen molar-refractivity contribution >= 4 is 51.2 Å². The van der Waals surface area contributed by atoms with Crippen LogP contribution in [-0.2, 0) is 9.53 Å². The maximum absolute atomic E-state index is 12.7. The Balaban J connectivity index is 2.10. The molecule has 0 spiro atoms. The molecular weight excluding hydrogens is 475 g/mol. The van der Waals surface area contributed by atoms with Gasteiger partial charge in [0.2, 0.25) is 11.3 Å². The molecule has 2 aromatic rings. The molecule has 0 saturated heterocycles. The number of fused-ring (bicyclic) bond motifs is 1. The third kappa shape index (κ3) is 6.55. The van der Waals surface area contributed by atoms with E-state index in [2.05, 4.69) is 44.7 Å². The number of nitrogens with zero attached hydrogens (tertiary/aromatic N) is 1. The van der Waals surface area contributed by atoms with Gasteiger partial charge in [0.05, 0.1) is 21.2 Å². The number of halogens is 1. The summed E-state index contributed by atoms with van der Waals surface area (Å²) < 4.78 is 11.8. The van der Waals surface area contributed by atoms with Crippen molar-refractivity contribution < 1.29 is 14.3 Å². The third-order valence-electron chi connectivity index (χ3n) is 3.56. The highest BCUT2D eigenvalue weighted by Gasteiger charge is 2.26. The first-order valence-electron chi connectivity index (χ1n) is 8.42. The summed E-state index contributed by atoms with van der Waals surface area (Å²) in [6.45, 7) is 4.29. The SMILES string of the molecule is COCCC#CC(C)(C)NC(=O)C(Oc1nc2ccccc2cc1I)SC. The summed E-state index contributed by atoms with van der Waals surface area (Å²) in [4.78, 5) is 17.2. The average molecular weight is 498 g/mol. The van der Waals surface area contributed by atoms with Crippen molar-refractivity contribution in [3.05, 3.63) is 33.9 Å². The fourth-order valence-electron chi connectivity index (χ4n) is 2.30. The first-order chi connectivity index (χ1) is 12.9. The van der Waals surface area contributed by atoms with Crippen LogP contribution in [0.2, 0.25) is 0 Å². The van der Waals surface area contributed by atoms with Crippen LogP contribution in [0.15, 0.2) is 30.3 Å². The van der Waals surface area contributed by atoms with Crippen LogP contribution in [0.3, 0.4) is 0 Å². The molecule has 1 N–H and O–H groups in total. The van der Waals surface area contributed by atoms with E-state index in [0.29, 0.717) is 18.9 Å². The molecule has 1 amide bonds. The Morgan fingerprint density at radius 1 is 1.41 bits per heavy atom. The van der Waals surface area contributed by atoms with Gasteiger partial charge in [-0.2, -0.15) is 0 Å². The van der Waals surface area contributed by atoms with Crippen molar-refractivity contribution in [1.29, 1.82) is 0 Å². The van der Waals surface area contributed by atoms with Crippen LogP contribution in [0, 0.1) is 15.4 Å². The third-order valence-corrected chi connectivity index (χ3v) is 5.07. The topological polar surface area (TPSA) is 60.5 Å². The minimum Gasteiger partial charge on any atom is -0.452 e. The molecule has 2 rings (SSSR count). The summed E-state index contributed by atoms with van der Waals surface area (Å²) in [5.74, 6) is 6.29. The molecule has 144 valence electrons. The number of amides is 1. The van der Waals surface area contributed by atoms with E-state index in [1.807, 2.05) is 50.4 Å². The molecule has 0 aliphatic carbocycles. The number of aromatic nitrogens is 1. The summed E-state index contributed by atoms with van der Waals surface area (Å²) in [5.41, 5.74) is -0.545. The Morgan fingerprint density at radius 3 is 2.85 bits per heavy atom. The number of ether oxygens (including phenoxy) is 2. The van der Waals surface area contributed by atoms with Gasteiger partial charge in [0.25, 0.3) is 5.91 Å². The fourth-order valence-corrected chi connectivity index (χ4v) is 3.34. The monoisotopic (exact) mass is 498 g/mol. The Hall–Kier alpha value is -1.50. The predicted molar refractivity (Wildman–Crippen MR) is 119 cm³/mol. The zero-order valence-electron chi connectivity index (χ0n) is 15.8. The number of hydrogen-bond acceptors (Lipinski definition) is 5. The molecule has 0 saturated carbocycles. The minimum absolute atomic E-state index is 0.237. The molecule has 0 aliphatic heterocycles. The van der Waals surface area contributed by atoms with Crippen LogP contribution in [0.1, 0.15) is 20.3 Å². The Kier molecular flexibility index (Phi) is 8.20. The second kappa shape index (κ2) is 10.2. The van der Waals surface area contributed by atoms with Crippen molar-refractivity contribution in [3.63, 3.8) is 0 Å². The molecule has 1 atom stereocenters. The smallest absolute Gasteiger partial charge is 0.272 e. The summed E-state index contributed by atoms with van der Waals surface area (Å²) >= 11 is 3.49. The van der Waals surface area contributed by atoms with Gasteiger partial charge in [-0.1, -0.05) is 30.0 Å². The predicted octanol–water partition coefficient (Wildman–Crippen LogP) is 3.84. The second-order valence-corrected chi connectivity index (χ2v) is 8.37. The van der Waals surface area contributed by atoms with E-state index in [9.17, 15) is 4.79 Å². The van der Waals surface area contributed by atoms with E-state index in [1.165, 1.54) is 11.8 Å². The summed E-state index contributed by atoms with van der Waals surface area (Å²) in [5, 5.41) is 3.97. The van der Waals surface area contributed by atoms with Gasteiger partial charge in [0.15, 0.2) is 0 Å². The van der Waals surface area contributed by atoms with Crippen molar-refractivity contribution in [2.75, 3.05) is 20.0 Å². The number of para-hydroxylation sites is 1. The number of rotatable bonds is 7. The summed E-state index contributed by atoms with van der Waals surface area (Å²) in [6, 6.07) is 9.81. The number of pyridine rings is 1. The van der Waals surface area contributed by atoms with Crippen LogP contribution in [-0.4, -0.2) is 41.8 Å². The number of nitrogens with one attached hydrogen (secondary N) is 1. The van der Waals surface area contributed by atoms with Gasteiger partial charge in [0, 0.05) is 18.9 Å². The molecule has 5 nitrogen and oxygen atoms in total. The van der Waals surface area contributed by atoms with Gasteiger partial charge < -0.3 is 14.8 Å². The van der Waals surface area contributed by atoms with Crippen molar-refractivity contribution in [2.24, 2.45) is 0 Å². The lowest BCUT2D eigenvalue weighted by Gasteiger charge is -2.24. The zero-order chi connectivity index (χ0) is 19.9. The van der Waals surface area contributed by atoms with Gasteiger partial charge in [-0.05, 0) is 54.8 Å². The van der Waals surface area contributed by atoms with Crippen LogP contribution in [0.5, 0.6) is 5.88 Å². The molecule has 7 heteroatoms. The molecule has 27 heavy (non-hydrogen) atoms. The van der Waals surface area contributed by atoms with Crippen LogP contribution >= 0.6 is 34.4 Å². The van der Waals surface area contributed by atoms with Gasteiger partial charge in [-0.15, -0.1) is 11.8 Å². The van der Waals surface area contributed by atoms with Crippen LogP contribution in [0.4, 0.5) is 0 Å². The summed E-state index contributed by atoms with van der Waals surface area (Å²) in [7, 11) is 1.64. The lowest BCUT2D eigenvalue weighted by atomic mass is 10.1. The second-order valence-electron chi connectivity index (χ2n) is 6.31. The quantitative estimate of drug-likeness (QED) is 0.272. The van der Waals surface area contributed by atoms with Crippen LogP contribution < -0.4 is 10.1 Å².